The van der Waals surface area contributed by atoms with Crippen molar-refractivity contribution in [1.29, 1.82) is 0 Å². The van der Waals surface area contributed by atoms with Crippen LogP contribution in [0.1, 0.15) is 5.56 Å². The zero-order chi connectivity index (χ0) is 21.0. The van der Waals surface area contributed by atoms with Gasteiger partial charge in [0.05, 0.1) is 36.3 Å². The number of sulfone groups is 1. The van der Waals surface area contributed by atoms with E-state index in [1.54, 1.807) is 24.3 Å². The van der Waals surface area contributed by atoms with E-state index in [0.717, 1.165) is 17.0 Å². The second-order valence-electron chi connectivity index (χ2n) is 6.98. The van der Waals surface area contributed by atoms with Gasteiger partial charge < -0.3 is 4.74 Å². The number of anilines is 2. The number of amides is 2. The monoisotopic (exact) mass is 426 g/mol. The molecule has 2 aliphatic rings. The van der Waals surface area contributed by atoms with Crippen molar-refractivity contribution in [1.82, 2.24) is 0 Å². The van der Waals surface area contributed by atoms with Crippen LogP contribution in [-0.4, -0.2) is 45.1 Å². The minimum absolute atomic E-state index is 0.0212. The molecule has 2 heterocycles. The number of alkyl halides is 3. The number of carbonyl (C=O) groups excluding carboxylic acids is 1. The first-order valence-corrected chi connectivity index (χ1v) is 10.6. The lowest BCUT2D eigenvalue weighted by Gasteiger charge is -2.23. The average molecular weight is 426 g/mol. The van der Waals surface area contributed by atoms with Crippen LogP contribution in [0.25, 0.3) is 0 Å². The van der Waals surface area contributed by atoms with Crippen LogP contribution in [0.2, 0.25) is 0 Å². The SMILES string of the molecule is COc1ccc(N2C(=O)N(c3cccc(C(F)(F)F)c3)[C@H]3CS(=O)(=O)C[C@@H]32)cc1. The molecule has 2 saturated heterocycles. The third-order valence-electron chi connectivity index (χ3n) is 5.17. The van der Waals surface area contributed by atoms with E-state index in [9.17, 15) is 26.4 Å². The number of hydrogen-bond acceptors (Lipinski definition) is 4. The van der Waals surface area contributed by atoms with Gasteiger partial charge in [0.25, 0.3) is 0 Å². The third-order valence-corrected chi connectivity index (χ3v) is 6.87. The van der Waals surface area contributed by atoms with Crippen molar-refractivity contribution in [2.24, 2.45) is 0 Å². The van der Waals surface area contributed by atoms with Crippen molar-refractivity contribution in [3.63, 3.8) is 0 Å². The van der Waals surface area contributed by atoms with Crippen LogP contribution in [-0.2, 0) is 16.0 Å². The molecule has 0 aromatic heterocycles. The van der Waals surface area contributed by atoms with Crippen molar-refractivity contribution in [2.75, 3.05) is 28.4 Å². The summed E-state index contributed by atoms with van der Waals surface area (Å²) < 4.78 is 69.0. The fourth-order valence-corrected chi connectivity index (χ4v) is 5.80. The molecule has 0 spiro atoms. The van der Waals surface area contributed by atoms with Crippen molar-refractivity contribution >= 4 is 27.2 Å². The Morgan fingerprint density at radius 2 is 1.55 bits per heavy atom. The lowest BCUT2D eigenvalue weighted by Crippen LogP contribution is -2.38. The van der Waals surface area contributed by atoms with Gasteiger partial charge in [-0.2, -0.15) is 13.2 Å². The molecule has 2 amide bonds. The summed E-state index contributed by atoms with van der Waals surface area (Å²) in [5, 5.41) is 0. The topological polar surface area (TPSA) is 66.9 Å². The second-order valence-corrected chi connectivity index (χ2v) is 9.13. The summed E-state index contributed by atoms with van der Waals surface area (Å²) in [7, 11) is -1.95. The molecule has 0 bridgehead atoms. The quantitative estimate of drug-likeness (QED) is 0.707. The first-order valence-electron chi connectivity index (χ1n) is 8.75. The summed E-state index contributed by atoms with van der Waals surface area (Å²) >= 11 is 0. The third kappa shape index (κ3) is 3.41. The highest BCUT2D eigenvalue weighted by Crippen LogP contribution is 2.40. The predicted molar refractivity (Wildman–Crippen MR) is 101 cm³/mol. The highest BCUT2D eigenvalue weighted by molar-refractivity contribution is 7.91. The molecule has 2 aromatic carbocycles. The van der Waals surface area contributed by atoms with E-state index in [1.165, 1.54) is 24.1 Å². The Kier molecular flexibility index (Phi) is 4.49. The fourth-order valence-electron chi connectivity index (χ4n) is 3.88. The molecule has 2 fully saturated rings. The molecule has 0 saturated carbocycles. The molecule has 29 heavy (non-hydrogen) atoms. The standard InChI is InChI=1S/C19H17F3N2O4S/c1-28-15-7-5-13(6-8-15)23-16-10-29(26,27)11-17(16)24(18(23)25)14-4-2-3-12(9-14)19(20,21)22/h2-9,16-17H,10-11H2,1H3/t16-,17-/m0/s1. The Hall–Kier alpha value is -2.75. The number of benzene rings is 2. The molecule has 0 unspecified atom stereocenters. The number of fused-ring (bicyclic) bond motifs is 1. The predicted octanol–water partition coefficient (Wildman–Crippen LogP) is 3.33. The Bertz CT molecular complexity index is 1050. The maximum atomic E-state index is 13.2. The molecule has 2 aromatic rings. The van der Waals surface area contributed by atoms with Crippen molar-refractivity contribution in [2.45, 2.75) is 18.3 Å². The molecule has 10 heteroatoms. The minimum Gasteiger partial charge on any atom is -0.497 e. The van der Waals surface area contributed by atoms with E-state index in [4.69, 9.17) is 4.74 Å². The van der Waals surface area contributed by atoms with Gasteiger partial charge in [-0.05, 0) is 42.5 Å². The van der Waals surface area contributed by atoms with E-state index in [0.29, 0.717) is 11.4 Å². The lowest BCUT2D eigenvalue weighted by molar-refractivity contribution is -0.137. The van der Waals surface area contributed by atoms with E-state index in [2.05, 4.69) is 0 Å². The molecule has 154 valence electrons. The van der Waals surface area contributed by atoms with Gasteiger partial charge in [0, 0.05) is 11.4 Å². The Balaban J connectivity index is 1.78. The van der Waals surface area contributed by atoms with Gasteiger partial charge in [0.2, 0.25) is 0 Å². The van der Waals surface area contributed by atoms with E-state index in [-0.39, 0.29) is 17.2 Å². The number of methoxy groups -OCH3 is 1. The number of nitrogens with zero attached hydrogens (tertiary/aromatic N) is 2. The maximum absolute atomic E-state index is 13.2. The van der Waals surface area contributed by atoms with Crippen LogP contribution < -0.4 is 14.5 Å². The lowest BCUT2D eigenvalue weighted by atomic mass is 10.1. The molecule has 0 radical (unpaired) electrons. The van der Waals surface area contributed by atoms with E-state index >= 15 is 0 Å². The minimum atomic E-state index is -4.57. The van der Waals surface area contributed by atoms with E-state index < -0.39 is 39.7 Å². The molecule has 2 aliphatic heterocycles. The summed E-state index contributed by atoms with van der Waals surface area (Å²) in [6.45, 7) is 0. The van der Waals surface area contributed by atoms with Crippen LogP contribution in [0.4, 0.5) is 29.3 Å². The van der Waals surface area contributed by atoms with Crippen molar-refractivity contribution in [3.8, 4) is 5.75 Å². The maximum Gasteiger partial charge on any atom is 0.416 e. The number of halogens is 3. The number of hydrogen-bond donors (Lipinski definition) is 0. The summed E-state index contributed by atoms with van der Waals surface area (Å²) in [6.07, 6.45) is -4.57. The Labute approximate surface area is 165 Å². The summed E-state index contributed by atoms with van der Waals surface area (Å²) in [6, 6.07) is 8.87. The molecular formula is C19H17F3N2O4S. The number of rotatable bonds is 3. The largest absolute Gasteiger partial charge is 0.497 e. The fraction of sp³-hybridized carbons (Fsp3) is 0.316. The Morgan fingerprint density at radius 3 is 2.10 bits per heavy atom. The molecule has 0 aliphatic carbocycles. The normalized spacial score (nSPS) is 23.4. The Morgan fingerprint density at radius 1 is 0.966 bits per heavy atom. The van der Waals surface area contributed by atoms with Crippen molar-refractivity contribution < 1.29 is 31.1 Å². The van der Waals surface area contributed by atoms with Crippen LogP contribution in [0, 0.1) is 0 Å². The van der Waals surface area contributed by atoms with Gasteiger partial charge >= 0.3 is 12.2 Å². The summed E-state index contributed by atoms with van der Waals surface area (Å²) in [4.78, 5) is 15.7. The van der Waals surface area contributed by atoms with Crippen LogP contribution in [0.15, 0.2) is 48.5 Å². The molecule has 6 nitrogen and oxygen atoms in total. The highest BCUT2D eigenvalue weighted by Gasteiger charge is 2.54. The van der Waals surface area contributed by atoms with Crippen LogP contribution >= 0.6 is 0 Å². The van der Waals surface area contributed by atoms with Gasteiger partial charge in [0.1, 0.15) is 5.75 Å². The van der Waals surface area contributed by atoms with Crippen molar-refractivity contribution in [3.05, 3.63) is 54.1 Å². The first kappa shape index (κ1) is 19.6. The zero-order valence-electron chi connectivity index (χ0n) is 15.3. The molecule has 0 N–H and O–H groups in total. The van der Waals surface area contributed by atoms with Gasteiger partial charge in [-0.3, -0.25) is 9.80 Å². The van der Waals surface area contributed by atoms with Crippen LogP contribution in [0.5, 0.6) is 5.75 Å². The number of carbonyl (C=O) groups is 1. The summed E-state index contributed by atoms with van der Waals surface area (Å²) in [5.41, 5.74) is -0.423. The van der Waals surface area contributed by atoms with Crippen LogP contribution in [0.3, 0.4) is 0 Å². The average Bonchev–Trinajstić information content (AvgIpc) is 3.09. The molecular weight excluding hydrogens is 409 g/mol. The van der Waals surface area contributed by atoms with Gasteiger partial charge in [0.15, 0.2) is 9.84 Å². The molecule has 4 rings (SSSR count). The smallest absolute Gasteiger partial charge is 0.416 e. The summed E-state index contributed by atoms with van der Waals surface area (Å²) in [5.74, 6) is 0.0164. The van der Waals surface area contributed by atoms with Gasteiger partial charge in [-0.25, -0.2) is 13.2 Å². The van der Waals surface area contributed by atoms with E-state index in [1.807, 2.05) is 0 Å². The number of ether oxygens (including phenoxy) is 1. The first-order chi connectivity index (χ1) is 13.6. The van der Waals surface area contributed by atoms with Gasteiger partial charge in [-0.15, -0.1) is 0 Å². The molecule has 2 atom stereocenters. The van der Waals surface area contributed by atoms with Gasteiger partial charge in [-0.1, -0.05) is 6.07 Å². The second kappa shape index (κ2) is 6.65. The number of urea groups is 1. The zero-order valence-corrected chi connectivity index (χ0v) is 16.1. The highest BCUT2D eigenvalue weighted by atomic mass is 32.2.